The third-order valence-electron chi connectivity index (χ3n) is 5.56. The van der Waals surface area contributed by atoms with E-state index in [1.807, 2.05) is 42.5 Å². The molecule has 3 aromatic carbocycles. The molecule has 1 aliphatic rings. The third-order valence-corrected chi connectivity index (χ3v) is 5.56. The number of carbonyl (C=O) groups excluding carboxylic acids is 1. The smallest absolute Gasteiger partial charge is 0.338 e. The number of para-hydroxylation sites is 1. The molecule has 4 rings (SSSR count). The zero-order chi connectivity index (χ0) is 20.4. The summed E-state index contributed by atoms with van der Waals surface area (Å²) in [5, 5.41) is 0. The van der Waals surface area contributed by atoms with Crippen molar-refractivity contribution < 1.29 is 14.3 Å². The second kappa shape index (κ2) is 8.00. The number of carbonyl (C=O) groups is 1. The van der Waals surface area contributed by atoms with Gasteiger partial charge in [-0.2, -0.15) is 0 Å². The first-order chi connectivity index (χ1) is 14.2. The lowest BCUT2D eigenvalue weighted by atomic mass is 9.80. The van der Waals surface area contributed by atoms with E-state index in [4.69, 9.17) is 9.47 Å². The minimum absolute atomic E-state index is 0.101. The van der Waals surface area contributed by atoms with Crippen LogP contribution in [-0.2, 0) is 4.74 Å². The highest BCUT2D eigenvalue weighted by molar-refractivity contribution is 5.92. The average molecular weight is 387 g/mol. The first-order valence-corrected chi connectivity index (χ1v) is 10.0. The quantitative estimate of drug-likeness (QED) is 0.418. The number of fused-ring (bicyclic) bond motifs is 2. The lowest BCUT2D eigenvalue weighted by Gasteiger charge is -2.31. The molecule has 0 radical (unpaired) electrons. The number of nitrogens with zero attached hydrogens (tertiary/aromatic N) is 1. The van der Waals surface area contributed by atoms with Gasteiger partial charge in [-0.3, -0.25) is 0 Å². The highest BCUT2D eigenvalue weighted by Crippen LogP contribution is 2.48. The summed E-state index contributed by atoms with van der Waals surface area (Å²) in [6, 6.07) is 22.0. The molecule has 4 nitrogen and oxygen atoms in total. The number of hydrogen-bond acceptors (Lipinski definition) is 4. The van der Waals surface area contributed by atoms with E-state index >= 15 is 0 Å². The number of rotatable bonds is 5. The molecule has 1 aliphatic heterocycles. The molecule has 4 heteroatoms. The van der Waals surface area contributed by atoms with Crippen LogP contribution in [0.1, 0.15) is 46.8 Å². The number of benzene rings is 3. The standard InChI is InChI=1S/C25H25NO3/c1-4-26(5-2)17-14-15-21-23(16-17)29-22-13-9-8-12-20(22)24(21)18-10-6-7-11-19(18)25(27)28-3/h6-16,24H,4-5H2,1-3H3. The van der Waals surface area contributed by atoms with Gasteiger partial charge in [0, 0.05) is 41.9 Å². The fourth-order valence-electron chi connectivity index (χ4n) is 4.11. The van der Waals surface area contributed by atoms with Crippen LogP contribution in [-0.4, -0.2) is 26.2 Å². The number of hydrogen-bond donors (Lipinski definition) is 0. The summed E-state index contributed by atoms with van der Waals surface area (Å²) in [4.78, 5) is 14.8. The van der Waals surface area contributed by atoms with Crippen molar-refractivity contribution >= 4 is 11.7 Å². The van der Waals surface area contributed by atoms with E-state index in [2.05, 4.69) is 43.0 Å². The van der Waals surface area contributed by atoms with Gasteiger partial charge in [0.2, 0.25) is 0 Å². The van der Waals surface area contributed by atoms with Crippen LogP contribution in [0, 0.1) is 0 Å². The van der Waals surface area contributed by atoms with Crippen LogP contribution in [0.4, 0.5) is 5.69 Å². The van der Waals surface area contributed by atoms with Crippen LogP contribution < -0.4 is 9.64 Å². The number of ether oxygens (including phenoxy) is 2. The van der Waals surface area contributed by atoms with Gasteiger partial charge >= 0.3 is 5.97 Å². The molecule has 0 saturated carbocycles. The van der Waals surface area contributed by atoms with Crippen molar-refractivity contribution in [1.29, 1.82) is 0 Å². The summed E-state index contributed by atoms with van der Waals surface area (Å²) in [6.07, 6.45) is 0. The van der Waals surface area contributed by atoms with E-state index < -0.39 is 0 Å². The van der Waals surface area contributed by atoms with Crippen molar-refractivity contribution in [3.8, 4) is 11.5 Å². The average Bonchev–Trinajstić information content (AvgIpc) is 2.77. The van der Waals surface area contributed by atoms with Crippen molar-refractivity contribution in [2.75, 3.05) is 25.1 Å². The first kappa shape index (κ1) is 19.1. The Kier molecular flexibility index (Phi) is 5.26. The predicted octanol–water partition coefficient (Wildman–Crippen LogP) is 5.61. The normalized spacial score (nSPS) is 14.4. The Labute approximate surface area is 171 Å². The van der Waals surface area contributed by atoms with E-state index in [-0.39, 0.29) is 11.9 Å². The zero-order valence-electron chi connectivity index (χ0n) is 17.0. The summed E-state index contributed by atoms with van der Waals surface area (Å²) in [6.45, 7) is 6.16. The van der Waals surface area contributed by atoms with Crippen molar-refractivity contribution in [2.24, 2.45) is 0 Å². The predicted molar refractivity (Wildman–Crippen MR) is 115 cm³/mol. The van der Waals surface area contributed by atoms with Crippen molar-refractivity contribution in [3.63, 3.8) is 0 Å². The molecular formula is C25H25NO3. The SMILES string of the molecule is CCN(CC)c1ccc2c(c1)Oc1ccccc1C2c1ccccc1C(=O)OC. The zero-order valence-corrected chi connectivity index (χ0v) is 17.0. The summed E-state index contributed by atoms with van der Waals surface area (Å²) in [5.41, 5.74) is 4.73. The van der Waals surface area contributed by atoms with Gasteiger partial charge in [0.05, 0.1) is 12.7 Å². The fourth-order valence-corrected chi connectivity index (χ4v) is 4.11. The van der Waals surface area contributed by atoms with Gasteiger partial charge in [-0.1, -0.05) is 42.5 Å². The van der Waals surface area contributed by atoms with Gasteiger partial charge in [-0.15, -0.1) is 0 Å². The molecule has 0 aromatic heterocycles. The molecule has 1 unspecified atom stereocenters. The van der Waals surface area contributed by atoms with E-state index in [1.165, 1.54) is 7.11 Å². The number of esters is 1. The van der Waals surface area contributed by atoms with Crippen LogP contribution in [0.15, 0.2) is 66.7 Å². The Morgan fingerprint density at radius 2 is 1.55 bits per heavy atom. The third kappa shape index (κ3) is 3.35. The number of anilines is 1. The van der Waals surface area contributed by atoms with Gasteiger partial charge in [-0.25, -0.2) is 4.79 Å². The van der Waals surface area contributed by atoms with E-state index in [9.17, 15) is 4.79 Å². The Hall–Kier alpha value is -3.27. The Balaban J connectivity index is 1.91. The van der Waals surface area contributed by atoms with Gasteiger partial charge in [-0.05, 0) is 37.6 Å². The molecule has 3 aromatic rings. The fraction of sp³-hybridized carbons (Fsp3) is 0.240. The Morgan fingerprint density at radius 1 is 0.897 bits per heavy atom. The summed E-state index contributed by atoms with van der Waals surface area (Å²) >= 11 is 0. The first-order valence-electron chi connectivity index (χ1n) is 10.0. The van der Waals surface area contributed by atoms with Gasteiger partial charge in [0.15, 0.2) is 0 Å². The molecule has 0 amide bonds. The lowest BCUT2D eigenvalue weighted by molar-refractivity contribution is 0.0599. The van der Waals surface area contributed by atoms with E-state index in [1.54, 1.807) is 0 Å². The maximum absolute atomic E-state index is 12.5. The van der Waals surface area contributed by atoms with E-state index in [0.29, 0.717) is 5.56 Å². The van der Waals surface area contributed by atoms with Crippen LogP contribution in [0.5, 0.6) is 11.5 Å². The molecular weight excluding hydrogens is 362 g/mol. The molecule has 29 heavy (non-hydrogen) atoms. The Morgan fingerprint density at radius 3 is 2.28 bits per heavy atom. The summed E-state index contributed by atoms with van der Waals surface area (Å²) in [5.74, 6) is 1.22. The molecule has 1 atom stereocenters. The monoisotopic (exact) mass is 387 g/mol. The molecule has 0 spiro atoms. The number of methoxy groups -OCH3 is 1. The van der Waals surface area contributed by atoms with Gasteiger partial charge < -0.3 is 14.4 Å². The molecule has 1 heterocycles. The summed E-state index contributed by atoms with van der Waals surface area (Å²) < 4.78 is 11.3. The molecule has 0 bridgehead atoms. The van der Waals surface area contributed by atoms with Crippen LogP contribution in [0.25, 0.3) is 0 Å². The van der Waals surface area contributed by atoms with Crippen molar-refractivity contribution in [3.05, 3.63) is 89.0 Å². The van der Waals surface area contributed by atoms with Crippen molar-refractivity contribution in [1.82, 2.24) is 0 Å². The van der Waals surface area contributed by atoms with Crippen molar-refractivity contribution in [2.45, 2.75) is 19.8 Å². The summed E-state index contributed by atoms with van der Waals surface area (Å²) in [7, 11) is 1.42. The Bertz CT molecular complexity index is 1040. The highest BCUT2D eigenvalue weighted by Gasteiger charge is 2.31. The molecule has 148 valence electrons. The van der Waals surface area contributed by atoms with Gasteiger partial charge in [0.1, 0.15) is 11.5 Å². The molecule has 0 saturated heterocycles. The second-order valence-corrected chi connectivity index (χ2v) is 7.05. The highest BCUT2D eigenvalue weighted by atomic mass is 16.5. The maximum Gasteiger partial charge on any atom is 0.338 e. The van der Waals surface area contributed by atoms with E-state index in [0.717, 1.165) is 47.0 Å². The minimum atomic E-state index is -0.328. The molecule has 0 fully saturated rings. The van der Waals surface area contributed by atoms with Gasteiger partial charge in [0.25, 0.3) is 0 Å². The molecule has 0 N–H and O–H groups in total. The lowest BCUT2D eigenvalue weighted by Crippen LogP contribution is -2.22. The second-order valence-electron chi connectivity index (χ2n) is 7.05. The van der Waals surface area contributed by atoms with Crippen LogP contribution in [0.3, 0.4) is 0 Å². The van der Waals surface area contributed by atoms with Crippen LogP contribution >= 0.6 is 0 Å². The topological polar surface area (TPSA) is 38.8 Å². The largest absolute Gasteiger partial charge is 0.465 e. The molecule has 0 aliphatic carbocycles. The van der Waals surface area contributed by atoms with Crippen LogP contribution in [0.2, 0.25) is 0 Å². The minimum Gasteiger partial charge on any atom is -0.465 e. The maximum atomic E-state index is 12.5.